The number of halogens is 2. The van der Waals surface area contributed by atoms with Crippen molar-refractivity contribution < 1.29 is 18.8 Å². The first kappa shape index (κ1) is 23.4. The molecule has 1 atom stereocenters. The number of carbonyl (C=O) groups is 3. The van der Waals surface area contributed by atoms with Crippen LogP contribution in [-0.4, -0.2) is 28.8 Å². The number of rotatable bonds is 7. The predicted molar refractivity (Wildman–Crippen MR) is 129 cm³/mol. The number of anilines is 2. The van der Waals surface area contributed by atoms with Crippen LogP contribution in [0.2, 0.25) is 5.02 Å². The first-order valence-corrected chi connectivity index (χ1v) is 11.3. The Morgan fingerprint density at radius 1 is 0.941 bits per heavy atom. The van der Waals surface area contributed by atoms with E-state index in [1.54, 1.807) is 48.5 Å². The van der Waals surface area contributed by atoms with Crippen molar-refractivity contribution in [2.75, 3.05) is 10.2 Å². The van der Waals surface area contributed by atoms with Crippen LogP contribution in [0.15, 0.2) is 72.8 Å². The molecular formula is C26H23ClFN3O3. The van der Waals surface area contributed by atoms with Gasteiger partial charge in [-0.2, -0.15) is 0 Å². The minimum atomic E-state index is -1.01. The monoisotopic (exact) mass is 479 g/mol. The van der Waals surface area contributed by atoms with E-state index >= 15 is 0 Å². The Morgan fingerprint density at radius 2 is 1.56 bits per heavy atom. The number of hydrogen-bond acceptors (Lipinski definition) is 3. The zero-order valence-electron chi connectivity index (χ0n) is 18.5. The maximum atomic E-state index is 13.4. The fourth-order valence-electron chi connectivity index (χ4n) is 3.84. The second kappa shape index (κ2) is 10.1. The van der Waals surface area contributed by atoms with Crippen LogP contribution < -0.4 is 10.2 Å². The van der Waals surface area contributed by atoms with Gasteiger partial charge in [0.25, 0.3) is 5.91 Å². The lowest BCUT2D eigenvalue weighted by Crippen LogP contribution is -2.37. The molecule has 4 rings (SSSR count). The van der Waals surface area contributed by atoms with Gasteiger partial charge in [-0.25, -0.2) is 14.1 Å². The van der Waals surface area contributed by atoms with Gasteiger partial charge in [-0.15, -0.1) is 0 Å². The van der Waals surface area contributed by atoms with Crippen molar-refractivity contribution in [2.24, 2.45) is 0 Å². The molecule has 1 heterocycles. The molecule has 0 aromatic heterocycles. The van der Waals surface area contributed by atoms with Gasteiger partial charge in [-0.05, 0) is 66.1 Å². The SMILES string of the molecule is CCc1ccc(NC(=O)CC2C(=O)N(c3ccc(Cl)cc3)C(=O)N2Cc2ccc(F)cc2)cc1. The van der Waals surface area contributed by atoms with E-state index in [2.05, 4.69) is 5.32 Å². The van der Waals surface area contributed by atoms with Gasteiger partial charge in [-0.1, -0.05) is 42.8 Å². The van der Waals surface area contributed by atoms with Crippen LogP contribution in [0.5, 0.6) is 0 Å². The fraction of sp³-hybridized carbons (Fsp3) is 0.192. The van der Waals surface area contributed by atoms with Crippen LogP contribution in [-0.2, 0) is 22.6 Å². The Hall–Kier alpha value is -3.71. The highest BCUT2D eigenvalue weighted by Crippen LogP contribution is 2.29. The predicted octanol–water partition coefficient (Wildman–Crippen LogP) is 5.41. The maximum Gasteiger partial charge on any atom is 0.332 e. The van der Waals surface area contributed by atoms with E-state index < -0.39 is 29.7 Å². The minimum absolute atomic E-state index is 0.0537. The highest BCUT2D eigenvalue weighted by molar-refractivity contribution is 6.30. The molecule has 3 aromatic carbocycles. The van der Waals surface area contributed by atoms with Crippen molar-refractivity contribution in [3.63, 3.8) is 0 Å². The number of imide groups is 1. The molecule has 1 aliphatic heterocycles. The maximum absolute atomic E-state index is 13.4. The summed E-state index contributed by atoms with van der Waals surface area (Å²) in [5.74, 6) is -1.30. The first-order chi connectivity index (χ1) is 16.4. The quantitative estimate of drug-likeness (QED) is 0.461. The Balaban J connectivity index is 1.58. The summed E-state index contributed by atoms with van der Waals surface area (Å²) in [4.78, 5) is 41.8. The number of nitrogens with one attached hydrogen (secondary N) is 1. The minimum Gasteiger partial charge on any atom is -0.326 e. The third-order valence-electron chi connectivity index (χ3n) is 5.69. The number of amides is 4. The molecule has 0 bridgehead atoms. The first-order valence-electron chi connectivity index (χ1n) is 10.9. The topological polar surface area (TPSA) is 69.7 Å². The molecule has 3 aromatic rings. The molecule has 0 aliphatic carbocycles. The number of urea groups is 1. The average Bonchev–Trinajstić information content (AvgIpc) is 3.05. The van der Waals surface area contributed by atoms with Gasteiger partial charge in [-0.3, -0.25) is 9.59 Å². The molecule has 0 spiro atoms. The van der Waals surface area contributed by atoms with Crippen LogP contribution in [0.1, 0.15) is 24.5 Å². The number of hydrogen-bond donors (Lipinski definition) is 1. The van der Waals surface area contributed by atoms with Crippen molar-refractivity contribution in [1.29, 1.82) is 0 Å². The summed E-state index contributed by atoms with van der Waals surface area (Å²) in [5, 5.41) is 3.26. The summed E-state index contributed by atoms with van der Waals surface area (Å²) in [5.41, 5.74) is 2.75. The summed E-state index contributed by atoms with van der Waals surface area (Å²) in [7, 11) is 0. The van der Waals surface area contributed by atoms with Gasteiger partial charge in [0.05, 0.1) is 12.1 Å². The largest absolute Gasteiger partial charge is 0.332 e. The molecule has 8 heteroatoms. The van der Waals surface area contributed by atoms with Gasteiger partial charge >= 0.3 is 6.03 Å². The Labute approximate surface area is 201 Å². The summed E-state index contributed by atoms with van der Waals surface area (Å²) in [6.45, 7) is 2.09. The Kier molecular flexibility index (Phi) is 6.93. The molecule has 174 valence electrons. The number of nitrogens with zero attached hydrogens (tertiary/aromatic N) is 2. The zero-order valence-corrected chi connectivity index (χ0v) is 19.3. The smallest absolute Gasteiger partial charge is 0.326 e. The molecule has 1 unspecified atom stereocenters. The summed E-state index contributed by atoms with van der Waals surface area (Å²) >= 11 is 5.95. The van der Waals surface area contributed by atoms with Gasteiger partial charge in [0.15, 0.2) is 0 Å². The van der Waals surface area contributed by atoms with Crippen LogP contribution in [0.25, 0.3) is 0 Å². The van der Waals surface area contributed by atoms with Crippen molar-refractivity contribution >= 4 is 40.8 Å². The van der Waals surface area contributed by atoms with Gasteiger partial charge in [0.1, 0.15) is 11.9 Å². The second-order valence-corrected chi connectivity index (χ2v) is 8.44. The summed E-state index contributed by atoms with van der Waals surface area (Å²) < 4.78 is 13.4. The van der Waals surface area contributed by atoms with E-state index in [0.717, 1.165) is 16.9 Å². The third kappa shape index (κ3) is 5.10. The normalized spacial score (nSPS) is 15.7. The van der Waals surface area contributed by atoms with E-state index in [9.17, 15) is 18.8 Å². The van der Waals surface area contributed by atoms with E-state index in [4.69, 9.17) is 11.6 Å². The van der Waals surface area contributed by atoms with Crippen molar-refractivity contribution in [3.8, 4) is 0 Å². The highest BCUT2D eigenvalue weighted by atomic mass is 35.5. The Bertz CT molecular complexity index is 1200. The second-order valence-electron chi connectivity index (χ2n) is 8.01. The van der Waals surface area contributed by atoms with Crippen LogP contribution in [0.4, 0.5) is 20.6 Å². The number of carbonyl (C=O) groups excluding carboxylic acids is 3. The summed E-state index contributed by atoms with van der Waals surface area (Å²) in [6, 6.07) is 17.9. The lowest BCUT2D eigenvalue weighted by atomic mass is 10.1. The fourth-order valence-corrected chi connectivity index (χ4v) is 3.97. The third-order valence-corrected chi connectivity index (χ3v) is 5.95. The molecule has 34 heavy (non-hydrogen) atoms. The van der Waals surface area contributed by atoms with Crippen molar-refractivity contribution in [2.45, 2.75) is 32.4 Å². The van der Waals surface area contributed by atoms with E-state index in [0.29, 0.717) is 22.0 Å². The molecule has 6 nitrogen and oxygen atoms in total. The van der Waals surface area contributed by atoms with E-state index in [-0.39, 0.29) is 13.0 Å². The molecule has 0 radical (unpaired) electrons. The van der Waals surface area contributed by atoms with E-state index in [1.807, 2.05) is 19.1 Å². The molecule has 1 aliphatic rings. The van der Waals surface area contributed by atoms with Crippen LogP contribution in [0, 0.1) is 5.82 Å². The van der Waals surface area contributed by atoms with Gasteiger partial charge in [0.2, 0.25) is 5.91 Å². The molecule has 4 amide bonds. The average molecular weight is 480 g/mol. The van der Waals surface area contributed by atoms with E-state index in [1.165, 1.54) is 17.0 Å². The molecule has 1 saturated heterocycles. The lowest BCUT2D eigenvalue weighted by molar-refractivity contribution is -0.124. The van der Waals surface area contributed by atoms with Gasteiger partial charge < -0.3 is 10.2 Å². The molecular weight excluding hydrogens is 457 g/mol. The zero-order chi connectivity index (χ0) is 24.2. The van der Waals surface area contributed by atoms with Gasteiger partial charge in [0, 0.05) is 17.3 Å². The lowest BCUT2D eigenvalue weighted by Gasteiger charge is -2.21. The Morgan fingerprint density at radius 3 is 2.18 bits per heavy atom. The molecule has 0 saturated carbocycles. The van der Waals surface area contributed by atoms with Crippen molar-refractivity contribution in [1.82, 2.24) is 4.90 Å². The standard InChI is InChI=1S/C26H23ClFN3O3/c1-2-17-5-11-21(12-6-17)29-24(32)15-23-25(33)31(22-13-7-19(27)8-14-22)26(34)30(23)16-18-3-9-20(28)10-4-18/h3-14,23H,2,15-16H2,1H3,(H,29,32). The molecule has 1 N–H and O–H groups in total. The summed E-state index contributed by atoms with van der Waals surface area (Å²) in [6.07, 6.45) is 0.664. The molecule has 1 fully saturated rings. The van der Waals surface area contributed by atoms with Crippen molar-refractivity contribution in [3.05, 3.63) is 94.8 Å². The number of aryl methyl sites for hydroxylation is 1. The van der Waals surface area contributed by atoms with Crippen LogP contribution in [0.3, 0.4) is 0 Å². The van der Waals surface area contributed by atoms with Crippen LogP contribution >= 0.6 is 11.6 Å². The highest BCUT2D eigenvalue weighted by Gasteiger charge is 2.46. The number of benzene rings is 3.